The van der Waals surface area contributed by atoms with Gasteiger partial charge in [0.2, 0.25) is 5.91 Å². The van der Waals surface area contributed by atoms with E-state index in [0.717, 1.165) is 5.69 Å². The Hall–Kier alpha value is -3.21. The number of carbonyl (C=O) groups excluding carboxylic acids is 2. The van der Waals surface area contributed by atoms with E-state index in [2.05, 4.69) is 15.5 Å². The molecule has 2 aliphatic heterocycles. The van der Waals surface area contributed by atoms with Gasteiger partial charge in [0, 0.05) is 44.1 Å². The molecule has 0 spiro atoms. The average Bonchev–Trinajstić information content (AvgIpc) is 3.11. The van der Waals surface area contributed by atoms with Gasteiger partial charge in [0.15, 0.2) is 0 Å². The lowest BCUT2D eigenvalue weighted by atomic mass is 10.0. The summed E-state index contributed by atoms with van der Waals surface area (Å²) < 4.78 is 18.9. The van der Waals surface area contributed by atoms with Crippen molar-refractivity contribution in [3.8, 4) is 0 Å². The van der Waals surface area contributed by atoms with Crippen LogP contribution < -0.4 is 15.5 Å². The van der Waals surface area contributed by atoms with E-state index >= 15 is 0 Å². The maximum Gasteiger partial charge on any atom is 0.319 e. The van der Waals surface area contributed by atoms with Crippen LogP contribution in [-0.4, -0.2) is 84.2 Å². The van der Waals surface area contributed by atoms with Crippen LogP contribution in [0.3, 0.4) is 0 Å². The molecule has 0 bridgehead atoms. The van der Waals surface area contributed by atoms with Crippen LogP contribution in [0.2, 0.25) is 0 Å². The van der Waals surface area contributed by atoms with E-state index in [4.69, 9.17) is 4.74 Å². The predicted molar refractivity (Wildman–Crippen MR) is 124 cm³/mol. The Kier molecular flexibility index (Phi) is 7.61. The molecule has 2 fully saturated rings. The SMILES string of the molecule is O=C(NCC1OC(CC(=O)N2CCN(c3ccccc3)CC2)C(O)C1O)Nc1cccc(F)c1. The zero-order chi connectivity index (χ0) is 24.1. The molecule has 4 unspecified atom stereocenters. The van der Waals surface area contributed by atoms with Crippen LogP contribution in [0, 0.1) is 5.82 Å². The molecule has 0 aromatic heterocycles. The molecule has 10 heteroatoms. The summed E-state index contributed by atoms with van der Waals surface area (Å²) in [6, 6.07) is 14.8. The second-order valence-corrected chi connectivity index (χ2v) is 8.45. The second kappa shape index (κ2) is 10.8. The number of benzene rings is 2. The Balaban J connectivity index is 1.23. The van der Waals surface area contributed by atoms with Crippen molar-refractivity contribution in [3.63, 3.8) is 0 Å². The van der Waals surface area contributed by atoms with Gasteiger partial charge in [-0.25, -0.2) is 9.18 Å². The van der Waals surface area contributed by atoms with Crippen molar-refractivity contribution in [2.24, 2.45) is 0 Å². The number of amides is 3. The Labute approximate surface area is 197 Å². The molecule has 0 saturated carbocycles. The van der Waals surface area contributed by atoms with Gasteiger partial charge in [-0.1, -0.05) is 24.3 Å². The fourth-order valence-corrected chi connectivity index (χ4v) is 4.25. The van der Waals surface area contributed by atoms with Crippen molar-refractivity contribution >= 4 is 23.3 Å². The van der Waals surface area contributed by atoms with E-state index in [1.54, 1.807) is 4.90 Å². The van der Waals surface area contributed by atoms with Gasteiger partial charge in [-0.3, -0.25) is 4.79 Å². The van der Waals surface area contributed by atoms with Gasteiger partial charge in [-0.05, 0) is 30.3 Å². The lowest BCUT2D eigenvalue weighted by molar-refractivity contribution is -0.135. The first-order chi connectivity index (χ1) is 16.4. The van der Waals surface area contributed by atoms with Gasteiger partial charge in [-0.2, -0.15) is 0 Å². The highest BCUT2D eigenvalue weighted by Crippen LogP contribution is 2.25. The maximum absolute atomic E-state index is 13.2. The number of rotatable bonds is 6. The van der Waals surface area contributed by atoms with Gasteiger partial charge in [-0.15, -0.1) is 0 Å². The first-order valence-electron chi connectivity index (χ1n) is 11.3. The molecule has 34 heavy (non-hydrogen) atoms. The first kappa shape index (κ1) is 23.9. The fourth-order valence-electron chi connectivity index (χ4n) is 4.25. The summed E-state index contributed by atoms with van der Waals surface area (Å²) in [5.74, 6) is -0.633. The van der Waals surface area contributed by atoms with Gasteiger partial charge in [0.05, 0.1) is 12.5 Å². The van der Waals surface area contributed by atoms with Crippen LogP contribution in [-0.2, 0) is 9.53 Å². The molecule has 0 aliphatic carbocycles. The molecule has 2 aromatic carbocycles. The van der Waals surface area contributed by atoms with Gasteiger partial charge >= 0.3 is 6.03 Å². The highest BCUT2D eigenvalue weighted by Gasteiger charge is 2.44. The Bertz CT molecular complexity index is 986. The van der Waals surface area contributed by atoms with E-state index in [0.29, 0.717) is 26.2 Å². The van der Waals surface area contributed by atoms with E-state index in [1.807, 2.05) is 30.3 Å². The second-order valence-electron chi connectivity index (χ2n) is 8.45. The molecular weight excluding hydrogens is 443 g/mol. The van der Waals surface area contributed by atoms with Crippen LogP contribution in [0.4, 0.5) is 20.6 Å². The third kappa shape index (κ3) is 5.82. The average molecular weight is 473 g/mol. The third-order valence-corrected chi connectivity index (χ3v) is 6.14. The quantitative estimate of drug-likeness (QED) is 0.502. The van der Waals surface area contributed by atoms with Crippen LogP contribution in [0.1, 0.15) is 6.42 Å². The summed E-state index contributed by atoms with van der Waals surface area (Å²) in [7, 11) is 0. The van der Waals surface area contributed by atoms with Crippen LogP contribution in [0.25, 0.3) is 0 Å². The molecule has 2 aromatic rings. The molecule has 2 saturated heterocycles. The molecule has 2 aliphatic rings. The molecule has 3 amide bonds. The van der Waals surface area contributed by atoms with Crippen molar-refractivity contribution < 1.29 is 28.9 Å². The number of hydrogen-bond acceptors (Lipinski definition) is 6. The number of ether oxygens (including phenoxy) is 1. The summed E-state index contributed by atoms with van der Waals surface area (Å²) in [6.45, 7) is 2.45. The fraction of sp³-hybridized carbons (Fsp3) is 0.417. The molecule has 4 N–H and O–H groups in total. The Morgan fingerprint density at radius 2 is 1.68 bits per heavy atom. The molecule has 9 nitrogen and oxygen atoms in total. The number of carbonyl (C=O) groups is 2. The van der Waals surface area contributed by atoms with Gasteiger partial charge < -0.3 is 35.4 Å². The normalized spacial score (nSPS) is 24.7. The van der Waals surface area contributed by atoms with E-state index < -0.39 is 36.3 Å². The zero-order valence-corrected chi connectivity index (χ0v) is 18.6. The number of aliphatic hydroxyl groups is 2. The summed E-state index contributed by atoms with van der Waals surface area (Å²) in [5.41, 5.74) is 1.39. The monoisotopic (exact) mass is 472 g/mol. The number of hydrogen-bond donors (Lipinski definition) is 4. The molecule has 4 rings (SSSR count). The van der Waals surface area contributed by atoms with Crippen molar-refractivity contribution in [2.45, 2.75) is 30.8 Å². The van der Waals surface area contributed by atoms with Gasteiger partial charge in [0.25, 0.3) is 0 Å². The minimum Gasteiger partial charge on any atom is -0.388 e. The van der Waals surface area contributed by atoms with Crippen LogP contribution in [0.5, 0.6) is 0 Å². The lowest BCUT2D eigenvalue weighted by Gasteiger charge is -2.36. The summed E-state index contributed by atoms with van der Waals surface area (Å²) in [5, 5.41) is 25.7. The molecule has 0 radical (unpaired) electrons. The van der Waals surface area contributed by atoms with Crippen molar-refractivity contribution in [2.75, 3.05) is 42.9 Å². The van der Waals surface area contributed by atoms with Gasteiger partial charge in [0.1, 0.15) is 24.1 Å². The topological polar surface area (TPSA) is 114 Å². The minimum absolute atomic E-state index is 0.0600. The standard InChI is InChI=1S/C24H29FN4O5/c25-16-5-4-6-17(13-16)27-24(33)26-15-20-23(32)22(31)19(34-20)14-21(30)29-11-9-28(10-12-29)18-7-2-1-3-8-18/h1-8,13,19-20,22-23,31-32H,9-12,14-15H2,(H2,26,27,33). The number of urea groups is 1. The van der Waals surface area contributed by atoms with Crippen molar-refractivity contribution in [1.82, 2.24) is 10.2 Å². The van der Waals surface area contributed by atoms with E-state index in [-0.39, 0.29) is 24.6 Å². The number of piperazine rings is 1. The maximum atomic E-state index is 13.2. The smallest absolute Gasteiger partial charge is 0.319 e. The molecule has 182 valence electrons. The zero-order valence-electron chi connectivity index (χ0n) is 18.6. The van der Waals surface area contributed by atoms with Crippen LogP contribution >= 0.6 is 0 Å². The largest absolute Gasteiger partial charge is 0.388 e. The highest BCUT2D eigenvalue weighted by molar-refractivity contribution is 5.89. The number of halogens is 1. The number of nitrogens with zero attached hydrogens (tertiary/aromatic N) is 2. The van der Waals surface area contributed by atoms with Crippen LogP contribution in [0.15, 0.2) is 54.6 Å². The van der Waals surface area contributed by atoms with Crippen molar-refractivity contribution in [1.29, 1.82) is 0 Å². The molecule has 4 atom stereocenters. The summed E-state index contributed by atoms with van der Waals surface area (Å²) in [6.07, 6.45) is -4.29. The molecular formula is C24H29FN4O5. The van der Waals surface area contributed by atoms with E-state index in [1.165, 1.54) is 24.3 Å². The number of anilines is 2. The highest BCUT2D eigenvalue weighted by atomic mass is 19.1. The Morgan fingerprint density at radius 3 is 2.38 bits per heavy atom. The first-order valence-corrected chi connectivity index (χ1v) is 11.3. The number of nitrogens with one attached hydrogen (secondary N) is 2. The predicted octanol–water partition coefficient (Wildman–Crippen LogP) is 1.18. The van der Waals surface area contributed by atoms with Crippen molar-refractivity contribution in [3.05, 3.63) is 60.4 Å². The summed E-state index contributed by atoms with van der Waals surface area (Å²) >= 11 is 0. The number of para-hydroxylation sites is 1. The summed E-state index contributed by atoms with van der Waals surface area (Å²) in [4.78, 5) is 28.8. The Morgan fingerprint density at radius 1 is 0.971 bits per heavy atom. The third-order valence-electron chi connectivity index (χ3n) is 6.14. The molecule has 2 heterocycles. The van der Waals surface area contributed by atoms with E-state index in [9.17, 15) is 24.2 Å². The number of aliphatic hydroxyl groups excluding tert-OH is 2. The minimum atomic E-state index is -1.25. The lowest BCUT2D eigenvalue weighted by Crippen LogP contribution is -2.49.